The normalized spacial score (nSPS) is 12.3. The number of hydrogen-bond donors (Lipinski definition) is 2. The van der Waals surface area contributed by atoms with Gasteiger partial charge in [-0.05, 0) is 18.1 Å². The van der Waals surface area contributed by atoms with E-state index >= 15 is 0 Å². The van der Waals surface area contributed by atoms with E-state index in [0.717, 1.165) is 18.5 Å². The predicted molar refractivity (Wildman–Crippen MR) is 74.4 cm³/mol. The molecule has 0 amide bonds. The first-order chi connectivity index (χ1) is 8.81. The predicted octanol–water partition coefficient (Wildman–Crippen LogP) is 3.63. The first kappa shape index (κ1) is 12.7. The summed E-state index contributed by atoms with van der Waals surface area (Å²) in [6.45, 7) is 2.93. The Balaban J connectivity index is 2.04. The molecule has 2 heteroatoms. The average molecular weight is 241 g/mol. The van der Waals surface area contributed by atoms with Gasteiger partial charge >= 0.3 is 0 Å². The Hall–Kier alpha value is -1.80. The highest BCUT2D eigenvalue weighted by Gasteiger charge is 2.11. The van der Waals surface area contributed by atoms with Crippen molar-refractivity contribution in [3.05, 3.63) is 65.7 Å². The van der Waals surface area contributed by atoms with Crippen molar-refractivity contribution < 1.29 is 5.11 Å². The summed E-state index contributed by atoms with van der Waals surface area (Å²) in [6.07, 6.45) is 0.949. The van der Waals surface area contributed by atoms with Crippen LogP contribution in [0.1, 0.15) is 30.5 Å². The van der Waals surface area contributed by atoms with Gasteiger partial charge in [-0.1, -0.05) is 55.5 Å². The number of rotatable bonds is 5. The molecule has 18 heavy (non-hydrogen) atoms. The fourth-order valence-electron chi connectivity index (χ4n) is 2.09. The summed E-state index contributed by atoms with van der Waals surface area (Å²) in [5.74, 6) is 0.366. The van der Waals surface area contributed by atoms with Gasteiger partial charge in [0.2, 0.25) is 0 Å². The third-order valence-electron chi connectivity index (χ3n) is 3.12. The highest BCUT2D eigenvalue weighted by molar-refractivity contribution is 5.34. The summed E-state index contributed by atoms with van der Waals surface area (Å²) in [7, 11) is 0. The minimum atomic E-state index is 0.186. The number of hydrogen-bond acceptors (Lipinski definition) is 2. The van der Waals surface area contributed by atoms with Gasteiger partial charge in [0.1, 0.15) is 5.75 Å². The maximum atomic E-state index is 9.87. The quantitative estimate of drug-likeness (QED) is 0.837. The van der Waals surface area contributed by atoms with Crippen molar-refractivity contribution >= 4 is 0 Å². The Bertz CT molecular complexity index is 481. The Morgan fingerprint density at radius 2 is 1.67 bits per heavy atom. The first-order valence-corrected chi connectivity index (χ1v) is 6.36. The number of benzene rings is 2. The Labute approximate surface area is 108 Å². The Morgan fingerprint density at radius 3 is 2.33 bits per heavy atom. The molecule has 0 aliphatic heterocycles. The van der Waals surface area contributed by atoms with E-state index in [1.165, 1.54) is 5.56 Å². The van der Waals surface area contributed by atoms with Crippen molar-refractivity contribution in [2.75, 3.05) is 0 Å². The molecule has 0 saturated carbocycles. The second kappa shape index (κ2) is 6.22. The highest BCUT2D eigenvalue weighted by atomic mass is 16.3. The van der Waals surface area contributed by atoms with E-state index in [-0.39, 0.29) is 6.04 Å². The zero-order valence-corrected chi connectivity index (χ0v) is 10.6. The lowest BCUT2D eigenvalue weighted by molar-refractivity contribution is 0.441. The lowest BCUT2D eigenvalue weighted by atomic mass is 10.0. The van der Waals surface area contributed by atoms with Crippen molar-refractivity contribution in [1.29, 1.82) is 0 Å². The molecule has 0 aliphatic rings. The molecule has 2 nitrogen and oxygen atoms in total. The van der Waals surface area contributed by atoms with E-state index in [0.29, 0.717) is 5.75 Å². The minimum Gasteiger partial charge on any atom is -0.508 e. The van der Waals surface area contributed by atoms with Crippen LogP contribution in [0.3, 0.4) is 0 Å². The molecular formula is C16H19NO. The van der Waals surface area contributed by atoms with Gasteiger partial charge in [0.25, 0.3) is 0 Å². The largest absolute Gasteiger partial charge is 0.508 e. The second-order valence-corrected chi connectivity index (χ2v) is 4.39. The smallest absolute Gasteiger partial charge is 0.120 e. The van der Waals surface area contributed by atoms with Gasteiger partial charge < -0.3 is 10.4 Å². The van der Waals surface area contributed by atoms with Crippen LogP contribution in [0.2, 0.25) is 0 Å². The summed E-state index contributed by atoms with van der Waals surface area (Å²) in [4.78, 5) is 0. The fourth-order valence-corrected chi connectivity index (χ4v) is 2.09. The third kappa shape index (κ3) is 3.11. The van der Waals surface area contributed by atoms with E-state index in [9.17, 15) is 5.11 Å². The molecule has 0 bridgehead atoms. The molecule has 2 aromatic rings. The molecule has 1 atom stereocenters. The molecular weight excluding hydrogens is 222 g/mol. The van der Waals surface area contributed by atoms with E-state index in [1.807, 2.05) is 36.4 Å². The van der Waals surface area contributed by atoms with Crippen molar-refractivity contribution in [2.45, 2.75) is 25.9 Å². The molecule has 0 aliphatic carbocycles. The van der Waals surface area contributed by atoms with Gasteiger partial charge in [-0.2, -0.15) is 0 Å². The summed E-state index contributed by atoms with van der Waals surface area (Å²) < 4.78 is 0. The van der Waals surface area contributed by atoms with Crippen LogP contribution in [-0.2, 0) is 6.54 Å². The van der Waals surface area contributed by atoms with Crippen LogP contribution in [0.15, 0.2) is 54.6 Å². The number of nitrogens with one attached hydrogen (secondary N) is 1. The van der Waals surface area contributed by atoms with E-state index in [1.54, 1.807) is 6.07 Å². The number of aromatic hydroxyl groups is 1. The summed E-state index contributed by atoms with van der Waals surface area (Å²) in [6, 6.07) is 18.0. The van der Waals surface area contributed by atoms with Crippen molar-refractivity contribution in [3.8, 4) is 5.75 Å². The molecule has 0 aromatic heterocycles. The zero-order chi connectivity index (χ0) is 12.8. The lowest BCUT2D eigenvalue weighted by Gasteiger charge is -2.18. The van der Waals surface area contributed by atoms with Crippen LogP contribution >= 0.6 is 0 Å². The number of para-hydroxylation sites is 1. The molecule has 0 heterocycles. The maximum absolute atomic E-state index is 9.87. The van der Waals surface area contributed by atoms with Gasteiger partial charge in [-0.15, -0.1) is 0 Å². The van der Waals surface area contributed by atoms with Gasteiger partial charge in [-0.3, -0.25) is 0 Å². The molecule has 0 fully saturated rings. The van der Waals surface area contributed by atoms with E-state index in [4.69, 9.17) is 0 Å². The van der Waals surface area contributed by atoms with Crippen LogP contribution in [-0.4, -0.2) is 5.11 Å². The number of phenols is 1. The van der Waals surface area contributed by atoms with Crippen LogP contribution in [0.25, 0.3) is 0 Å². The van der Waals surface area contributed by atoms with E-state index < -0.39 is 0 Å². The summed E-state index contributed by atoms with van der Waals surface area (Å²) >= 11 is 0. The molecule has 0 unspecified atom stereocenters. The van der Waals surface area contributed by atoms with E-state index in [2.05, 4.69) is 24.4 Å². The standard InChI is InChI=1S/C16H19NO/c1-2-15(14-10-6-7-11-16(14)18)17-12-13-8-4-3-5-9-13/h3-11,15,17-18H,2,12H2,1H3/t15-/m1/s1. The van der Waals surface area contributed by atoms with Crippen LogP contribution in [0, 0.1) is 0 Å². The Kier molecular flexibility index (Phi) is 4.37. The third-order valence-corrected chi connectivity index (χ3v) is 3.12. The highest BCUT2D eigenvalue weighted by Crippen LogP contribution is 2.25. The molecule has 0 spiro atoms. The van der Waals surface area contributed by atoms with Gasteiger partial charge in [0.15, 0.2) is 0 Å². The topological polar surface area (TPSA) is 32.3 Å². The minimum absolute atomic E-state index is 0.186. The summed E-state index contributed by atoms with van der Waals surface area (Å²) in [5.41, 5.74) is 2.22. The molecule has 0 saturated heterocycles. The number of phenolic OH excluding ortho intramolecular Hbond substituents is 1. The molecule has 2 aromatic carbocycles. The van der Waals surface area contributed by atoms with Crippen molar-refractivity contribution in [1.82, 2.24) is 5.32 Å². The fraction of sp³-hybridized carbons (Fsp3) is 0.250. The van der Waals surface area contributed by atoms with Crippen LogP contribution in [0.5, 0.6) is 5.75 Å². The zero-order valence-electron chi connectivity index (χ0n) is 10.6. The van der Waals surface area contributed by atoms with Gasteiger partial charge in [0.05, 0.1) is 0 Å². The monoisotopic (exact) mass is 241 g/mol. The molecule has 2 rings (SSSR count). The van der Waals surface area contributed by atoms with Crippen LogP contribution in [0.4, 0.5) is 0 Å². The van der Waals surface area contributed by atoms with Crippen molar-refractivity contribution in [3.63, 3.8) is 0 Å². The SMILES string of the molecule is CC[C@@H](NCc1ccccc1)c1ccccc1O. The Morgan fingerprint density at radius 1 is 1.00 bits per heavy atom. The molecule has 94 valence electrons. The van der Waals surface area contributed by atoms with Gasteiger partial charge in [-0.25, -0.2) is 0 Å². The first-order valence-electron chi connectivity index (χ1n) is 6.36. The van der Waals surface area contributed by atoms with Gasteiger partial charge in [0, 0.05) is 18.2 Å². The maximum Gasteiger partial charge on any atom is 0.120 e. The van der Waals surface area contributed by atoms with Crippen LogP contribution < -0.4 is 5.32 Å². The summed E-state index contributed by atoms with van der Waals surface area (Å²) in [5, 5.41) is 13.4. The average Bonchev–Trinajstić information content (AvgIpc) is 2.42. The van der Waals surface area contributed by atoms with Crippen molar-refractivity contribution in [2.24, 2.45) is 0 Å². The second-order valence-electron chi connectivity index (χ2n) is 4.39. The molecule has 0 radical (unpaired) electrons. The molecule has 2 N–H and O–H groups in total. The lowest BCUT2D eigenvalue weighted by Crippen LogP contribution is -2.20.